The van der Waals surface area contributed by atoms with Crippen molar-refractivity contribution in [3.63, 3.8) is 0 Å². The maximum atomic E-state index is 11.3. The van der Waals surface area contributed by atoms with Crippen LogP contribution in [0.5, 0.6) is 0 Å². The Balaban J connectivity index is 2.56. The zero-order chi connectivity index (χ0) is 12.0. The third-order valence-electron chi connectivity index (χ3n) is 2.04. The van der Waals surface area contributed by atoms with Crippen LogP contribution in [0.3, 0.4) is 0 Å². The van der Waals surface area contributed by atoms with Gasteiger partial charge in [-0.1, -0.05) is 13.3 Å². The summed E-state index contributed by atoms with van der Waals surface area (Å²) in [4.78, 5) is 22.7. The third kappa shape index (κ3) is 3.84. The van der Waals surface area contributed by atoms with E-state index >= 15 is 0 Å². The van der Waals surface area contributed by atoms with E-state index < -0.39 is 5.97 Å². The van der Waals surface area contributed by atoms with E-state index in [2.05, 4.69) is 5.10 Å². The van der Waals surface area contributed by atoms with Gasteiger partial charge < -0.3 is 4.74 Å². The lowest BCUT2D eigenvalue weighted by Crippen LogP contribution is -2.27. The number of carbonyl (C=O) groups is 1. The predicted molar refractivity (Wildman–Crippen MR) is 59.1 cm³/mol. The lowest BCUT2D eigenvalue weighted by Gasteiger charge is -2.05. The summed E-state index contributed by atoms with van der Waals surface area (Å²) < 4.78 is 6.06. The molecule has 0 fully saturated rings. The predicted octanol–water partition coefficient (Wildman–Crippen LogP) is 0.895. The molecule has 1 heterocycles. The zero-order valence-corrected chi connectivity index (χ0v) is 9.60. The second-order valence-electron chi connectivity index (χ2n) is 3.54. The highest BCUT2D eigenvalue weighted by atomic mass is 16.5. The number of hydrogen-bond acceptors (Lipinski definition) is 4. The maximum absolute atomic E-state index is 11.3. The maximum Gasteiger partial charge on any atom is 0.327 e. The Morgan fingerprint density at radius 3 is 2.94 bits per heavy atom. The molecule has 5 nitrogen and oxygen atoms in total. The topological polar surface area (TPSA) is 61.2 Å². The van der Waals surface area contributed by atoms with Crippen LogP contribution in [-0.4, -0.2) is 22.4 Å². The van der Waals surface area contributed by atoms with Crippen LogP contribution in [-0.2, 0) is 16.1 Å². The average molecular weight is 224 g/mol. The Labute approximate surface area is 94.0 Å². The van der Waals surface area contributed by atoms with Crippen molar-refractivity contribution in [2.24, 2.45) is 0 Å². The molecule has 0 N–H and O–H groups in total. The summed E-state index contributed by atoms with van der Waals surface area (Å²) in [6.45, 7) is 4.05. The number of aromatic nitrogens is 2. The molecule has 0 radical (unpaired) electrons. The van der Waals surface area contributed by atoms with Gasteiger partial charge in [-0.05, 0) is 19.4 Å². The van der Waals surface area contributed by atoms with Crippen LogP contribution in [0, 0.1) is 6.92 Å². The molecule has 0 aliphatic rings. The number of aryl methyl sites for hydroxylation is 1. The fourth-order valence-electron chi connectivity index (χ4n) is 1.16. The van der Waals surface area contributed by atoms with Crippen molar-refractivity contribution in [1.82, 2.24) is 9.78 Å². The minimum Gasteiger partial charge on any atom is -0.464 e. The van der Waals surface area contributed by atoms with Crippen molar-refractivity contribution in [1.29, 1.82) is 0 Å². The summed E-state index contributed by atoms with van der Waals surface area (Å²) in [5.74, 6) is -0.423. The van der Waals surface area contributed by atoms with Gasteiger partial charge in [-0.2, -0.15) is 5.10 Å². The number of carbonyl (C=O) groups excluding carboxylic acids is 1. The van der Waals surface area contributed by atoms with Gasteiger partial charge in [0.1, 0.15) is 6.54 Å². The Morgan fingerprint density at radius 1 is 1.50 bits per heavy atom. The van der Waals surface area contributed by atoms with E-state index in [0.717, 1.165) is 17.5 Å². The molecule has 1 aromatic rings. The fourth-order valence-corrected chi connectivity index (χ4v) is 1.16. The second-order valence-corrected chi connectivity index (χ2v) is 3.54. The SMILES string of the molecule is CCCCOC(=O)Cn1nc(C)ccc1=O. The van der Waals surface area contributed by atoms with Crippen LogP contribution >= 0.6 is 0 Å². The smallest absolute Gasteiger partial charge is 0.327 e. The van der Waals surface area contributed by atoms with E-state index in [4.69, 9.17) is 4.74 Å². The molecule has 88 valence electrons. The van der Waals surface area contributed by atoms with E-state index in [-0.39, 0.29) is 12.1 Å². The van der Waals surface area contributed by atoms with Gasteiger partial charge in [0, 0.05) is 6.07 Å². The molecule has 0 atom stereocenters. The Kier molecular flexibility index (Phi) is 4.69. The molecule has 0 amide bonds. The normalized spacial score (nSPS) is 10.1. The number of esters is 1. The van der Waals surface area contributed by atoms with Crippen molar-refractivity contribution in [2.75, 3.05) is 6.61 Å². The second kappa shape index (κ2) is 6.05. The fraction of sp³-hybridized carbons (Fsp3) is 0.545. The van der Waals surface area contributed by atoms with E-state index in [1.54, 1.807) is 13.0 Å². The van der Waals surface area contributed by atoms with E-state index in [9.17, 15) is 9.59 Å². The quantitative estimate of drug-likeness (QED) is 0.550. The van der Waals surface area contributed by atoms with Crippen molar-refractivity contribution in [3.8, 4) is 0 Å². The monoisotopic (exact) mass is 224 g/mol. The zero-order valence-electron chi connectivity index (χ0n) is 9.60. The minimum atomic E-state index is -0.423. The molecular weight excluding hydrogens is 208 g/mol. The number of rotatable bonds is 5. The molecule has 1 rings (SSSR count). The van der Waals surface area contributed by atoms with Gasteiger partial charge >= 0.3 is 5.97 Å². The summed E-state index contributed by atoms with van der Waals surface area (Å²) in [5, 5.41) is 3.94. The molecule has 0 saturated heterocycles. The van der Waals surface area contributed by atoms with Gasteiger partial charge in [0.25, 0.3) is 5.56 Å². The van der Waals surface area contributed by atoms with E-state index in [0.29, 0.717) is 12.3 Å². The number of hydrogen-bond donors (Lipinski definition) is 0. The van der Waals surface area contributed by atoms with Gasteiger partial charge in [-0.15, -0.1) is 0 Å². The van der Waals surface area contributed by atoms with Gasteiger partial charge in [0.2, 0.25) is 0 Å². The molecule has 0 bridgehead atoms. The first-order valence-corrected chi connectivity index (χ1v) is 5.34. The number of unbranched alkanes of at least 4 members (excludes halogenated alkanes) is 1. The van der Waals surface area contributed by atoms with Gasteiger partial charge in [-0.25, -0.2) is 4.68 Å². The Morgan fingerprint density at radius 2 is 2.25 bits per heavy atom. The molecular formula is C11H16N2O3. The average Bonchev–Trinajstić information content (AvgIpc) is 2.24. The molecule has 5 heteroatoms. The summed E-state index contributed by atoms with van der Waals surface area (Å²) in [7, 11) is 0. The van der Waals surface area contributed by atoms with E-state index in [1.807, 2.05) is 6.92 Å². The standard InChI is InChI=1S/C11H16N2O3/c1-3-4-7-16-11(15)8-13-10(14)6-5-9(2)12-13/h5-6H,3-4,7-8H2,1-2H3. The largest absolute Gasteiger partial charge is 0.464 e. The van der Waals surface area contributed by atoms with Crippen LogP contribution in [0.15, 0.2) is 16.9 Å². The molecule has 0 aromatic carbocycles. The van der Waals surface area contributed by atoms with Crippen LogP contribution in [0.2, 0.25) is 0 Å². The highest BCUT2D eigenvalue weighted by Gasteiger charge is 2.06. The number of ether oxygens (including phenoxy) is 1. The molecule has 16 heavy (non-hydrogen) atoms. The summed E-state index contributed by atoms with van der Waals surface area (Å²) >= 11 is 0. The molecule has 1 aromatic heterocycles. The highest BCUT2D eigenvalue weighted by molar-refractivity contribution is 5.68. The molecule has 0 saturated carbocycles. The summed E-state index contributed by atoms with van der Waals surface area (Å²) in [6, 6.07) is 3.00. The lowest BCUT2D eigenvalue weighted by atomic mass is 10.4. The summed E-state index contributed by atoms with van der Waals surface area (Å²) in [5.41, 5.74) is 0.402. The Bertz CT molecular complexity index is 412. The van der Waals surface area contributed by atoms with Crippen LogP contribution in [0.4, 0.5) is 0 Å². The first-order chi connectivity index (χ1) is 7.63. The Hall–Kier alpha value is -1.65. The van der Waals surface area contributed by atoms with Crippen molar-refractivity contribution in [2.45, 2.75) is 33.2 Å². The van der Waals surface area contributed by atoms with Gasteiger partial charge in [0.15, 0.2) is 0 Å². The van der Waals surface area contributed by atoms with Crippen molar-refractivity contribution < 1.29 is 9.53 Å². The first kappa shape index (κ1) is 12.4. The molecule has 0 unspecified atom stereocenters. The summed E-state index contributed by atoms with van der Waals surface area (Å²) in [6.07, 6.45) is 1.80. The van der Waals surface area contributed by atoms with Crippen LogP contribution in [0.25, 0.3) is 0 Å². The minimum absolute atomic E-state index is 0.121. The molecule has 0 aliphatic carbocycles. The van der Waals surface area contributed by atoms with Crippen molar-refractivity contribution in [3.05, 3.63) is 28.2 Å². The van der Waals surface area contributed by atoms with Crippen molar-refractivity contribution >= 4 is 5.97 Å². The van der Waals surface area contributed by atoms with Gasteiger partial charge in [0.05, 0.1) is 12.3 Å². The van der Waals surface area contributed by atoms with E-state index in [1.165, 1.54) is 6.07 Å². The lowest BCUT2D eigenvalue weighted by molar-refractivity contribution is -0.144. The van der Waals surface area contributed by atoms with Gasteiger partial charge in [-0.3, -0.25) is 9.59 Å². The molecule has 0 aliphatic heterocycles. The highest BCUT2D eigenvalue weighted by Crippen LogP contribution is 1.91. The van der Waals surface area contributed by atoms with Crippen LogP contribution < -0.4 is 5.56 Å². The third-order valence-corrected chi connectivity index (χ3v) is 2.04. The van der Waals surface area contributed by atoms with Crippen LogP contribution in [0.1, 0.15) is 25.5 Å². The number of nitrogens with zero attached hydrogens (tertiary/aromatic N) is 2. The first-order valence-electron chi connectivity index (χ1n) is 5.34. The molecule has 0 spiro atoms.